The second-order valence-corrected chi connectivity index (χ2v) is 7.94. The SMILES string of the molecule is CCN(CC)C(=O)C1CCCN(C(=O)c2ccccc2N2CCC(N)CC2)C1. The van der Waals surface area contributed by atoms with Crippen molar-refractivity contribution in [3.8, 4) is 0 Å². The molecule has 0 aliphatic carbocycles. The Kier molecular flexibility index (Phi) is 6.94. The van der Waals surface area contributed by atoms with Gasteiger partial charge in [0.1, 0.15) is 0 Å². The van der Waals surface area contributed by atoms with Gasteiger partial charge in [-0.25, -0.2) is 0 Å². The fourth-order valence-corrected chi connectivity index (χ4v) is 4.40. The second kappa shape index (κ2) is 9.41. The highest BCUT2D eigenvalue weighted by Gasteiger charge is 2.32. The maximum Gasteiger partial charge on any atom is 0.255 e. The molecule has 0 radical (unpaired) electrons. The van der Waals surface area contributed by atoms with E-state index in [-0.39, 0.29) is 23.8 Å². The van der Waals surface area contributed by atoms with Crippen molar-refractivity contribution < 1.29 is 9.59 Å². The maximum absolute atomic E-state index is 13.4. The molecule has 0 bridgehead atoms. The molecule has 2 aliphatic heterocycles. The molecule has 2 N–H and O–H groups in total. The highest BCUT2D eigenvalue weighted by Crippen LogP contribution is 2.27. The van der Waals surface area contributed by atoms with Gasteiger partial charge in [0.2, 0.25) is 5.91 Å². The summed E-state index contributed by atoms with van der Waals surface area (Å²) < 4.78 is 0. The van der Waals surface area contributed by atoms with Gasteiger partial charge in [-0.2, -0.15) is 0 Å². The van der Waals surface area contributed by atoms with Crippen LogP contribution in [0, 0.1) is 5.92 Å². The van der Waals surface area contributed by atoms with E-state index in [0.29, 0.717) is 6.54 Å². The Labute approximate surface area is 168 Å². The molecule has 2 saturated heterocycles. The molecule has 0 aromatic heterocycles. The van der Waals surface area contributed by atoms with Crippen molar-refractivity contribution >= 4 is 17.5 Å². The van der Waals surface area contributed by atoms with E-state index in [1.165, 1.54) is 0 Å². The van der Waals surface area contributed by atoms with Crippen molar-refractivity contribution in [2.75, 3.05) is 44.2 Å². The summed E-state index contributed by atoms with van der Waals surface area (Å²) in [6.45, 7) is 8.47. The number of anilines is 1. The quantitative estimate of drug-likeness (QED) is 0.843. The molecular formula is C22H34N4O2. The molecule has 1 aromatic carbocycles. The minimum absolute atomic E-state index is 0.0440. The normalized spacial score (nSPS) is 20.9. The summed E-state index contributed by atoms with van der Waals surface area (Å²) in [7, 11) is 0. The molecule has 0 spiro atoms. The Morgan fingerprint density at radius 1 is 1.07 bits per heavy atom. The van der Waals surface area contributed by atoms with Crippen LogP contribution < -0.4 is 10.6 Å². The number of nitrogens with zero attached hydrogens (tertiary/aromatic N) is 3. The summed E-state index contributed by atoms with van der Waals surface area (Å²) in [5.74, 6) is 0.140. The van der Waals surface area contributed by atoms with Crippen molar-refractivity contribution in [1.82, 2.24) is 9.80 Å². The topological polar surface area (TPSA) is 69.9 Å². The van der Waals surface area contributed by atoms with Gasteiger partial charge in [-0.1, -0.05) is 12.1 Å². The number of carbonyl (C=O) groups is 2. The molecular weight excluding hydrogens is 352 g/mol. The third-order valence-corrected chi connectivity index (χ3v) is 6.15. The van der Waals surface area contributed by atoms with Gasteiger partial charge in [-0.05, 0) is 51.7 Å². The molecule has 2 amide bonds. The summed E-state index contributed by atoms with van der Waals surface area (Å²) in [6, 6.07) is 8.13. The van der Waals surface area contributed by atoms with Gasteiger partial charge in [-0.3, -0.25) is 9.59 Å². The fourth-order valence-electron chi connectivity index (χ4n) is 4.40. The van der Waals surface area contributed by atoms with Gasteiger partial charge < -0.3 is 20.4 Å². The molecule has 0 saturated carbocycles. The first-order valence-corrected chi connectivity index (χ1v) is 10.7. The van der Waals surface area contributed by atoms with Gasteiger partial charge in [0.05, 0.1) is 11.5 Å². The molecule has 1 aromatic rings. The van der Waals surface area contributed by atoms with Crippen LogP contribution >= 0.6 is 0 Å². The Hall–Kier alpha value is -2.08. The van der Waals surface area contributed by atoms with E-state index in [4.69, 9.17) is 5.73 Å². The van der Waals surface area contributed by atoms with Crippen LogP contribution in [0.15, 0.2) is 24.3 Å². The van der Waals surface area contributed by atoms with E-state index in [1.807, 2.05) is 47.9 Å². The van der Waals surface area contributed by atoms with Crippen LogP contribution in [-0.4, -0.2) is 66.9 Å². The lowest BCUT2D eigenvalue weighted by Gasteiger charge is -2.36. The lowest BCUT2D eigenvalue weighted by atomic mass is 9.95. The second-order valence-electron chi connectivity index (χ2n) is 7.94. The highest BCUT2D eigenvalue weighted by molar-refractivity contribution is 6.00. The summed E-state index contributed by atoms with van der Waals surface area (Å²) in [4.78, 5) is 32.2. The summed E-state index contributed by atoms with van der Waals surface area (Å²) in [6.07, 6.45) is 3.65. The molecule has 2 fully saturated rings. The van der Waals surface area contributed by atoms with E-state index in [1.54, 1.807) is 0 Å². The Bertz CT molecular complexity index is 681. The first-order chi connectivity index (χ1) is 13.5. The van der Waals surface area contributed by atoms with Gasteiger partial charge in [0.15, 0.2) is 0 Å². The molecule has 2 heterocycles. The minimum atomic E-state index is -0.0854. The molecule has 1 atom stereocenters. The molecule has 1 unspecified atom stereocenters. The zero-order valence-electron chi connectivity index (χ0n) is 17.3. The predicted molar refractivity (Wildman–Crippen MR) is 112 cm³/mol. The number of benzene rings is 1. The summed E-state index contributed by atoms with van der Waals surface area (Å²) >= 11 is 0. The number of piperidine rings is 2. The summed E-state index contributed by atoms with van der Waals surface area (Å²) in [5, 5.41) is 0. The van der Waals surface area contributed by atoms with Gasteiger partial charge in [0, 0.05) is 51.0 Å². The molecule has 6 heteroatoms. The van der Waals surface area contributed by atoms with E-state index >= 15 is 0 Å². The third kappa shape index (κ3) is 4.49. The number of amides is 2. The van der Waals surface area contributed by atoms with Crippen LogP contribution in [-0.2, 0) is 4.79 Å². The van der Waals surface area contributed by atoms with Crippen LogP contribution in [0.2, 0.25) is 0 Å². The molecule has 6 nitrogen and oxygen atoms in total. The lowest BCUT2D eigenvalue weighted by Crippen LogP contribution is -2.47. The number of rotatable bonds is 5. The zero-order chi connectivity index (χ0) is 20.1. The molecule has 3 rings (SSSR count). The van der Waals surface area contributed by atoms with Gasteiger partial charge in [-0.15, -0.1) is 0 Å². The average Bonchev–Trinajstić information content (AvgIpc) is 2.74. The number of likely N-dealkylation sites (tertiary alicyclic amines) is 1. The lowest BCUT2D eigenvalue weighted by molar-refractivity contribution is -0.136. The standard InChI is InChI=1S/C22H34N4O2/c1-3-24(4-2)21(27)17-8-7-13-26(16-17)22(28)19-9-5-6-10-20(19)25-14-11-18(23)12-15-25/h5-6,9-10,17-18H,3-4,7-8,11-16,23H2,1-2H3. The first-order valence-electron chi connectivity index (χ1n) is 10.7. The van der Waals surface area contributed by atoms with Crippen molar-refractivity contribution in [3.05, 3.63) is 29.8 Å². The van der Waals surface area contributed by atoms with Crippen molar-refractivity contribution in [2.45, 2.75) is 45.6 Å². The maximum atomic E-state index is 13.4. The number of para-hydroxylation sites is 1. The van der Waals surface area contributed by atoms with Gasteiger partial charge >= 0.3 is 0 Å². The highest BCUT2D eigenvalue weighted by atomic mass is 16.2. The molecule has 154 valence electrons. The third-order valence-electron chi connectivity index (χ3n) is 6.15. The first kappa shape index (κ1) is 20.6. The number of hydrogen-bond donors (Lipinski definition) is 1. The van der Waals surface area contributed by atoms with E-state index in [0.717, 1.165) is 69.7 Å². The van der Waals surface area contributed by atoms with Crippen LogP contribution in [0.1, 0.15) is 49.9 Å². The number of nitrogens with two attached hydrogens (primary N) is 1. The Morgan fingerprint density at radius 2 is 1.75 bits per heavy atom. The van der Waals surface area contributed by atoms with Crippen LogP contribution in [0.25, 0.3) is 0 Å². The molecule has 2 aliphatic rings. The Balaban J connectivity index is 1.74. The number of carbonyl (C=O) groups excluding carboxylic acids is 2. The fraction of sp³-hybridized carbons (Fsp3) is 0.636. The predicted octanol–water partition coefficient (Wildman–Crippen LogP) is 2.33. The Morgan fingerprint density at radius 3 is 2.43 bits per heavy atom. The van der Waals surface area contributed by atoms with Crippen LogP contribution in [0.3, 0.4) is 0 Å². The van der Waals surface area contributed by atoms with Crippen molar-refractivity contribution in [2.24, 2.45) is 11.7 Å². The zero-order valence-corrected chi connectivity index (χ0v) is 17.3. The van der Waals surface area contributed by atoms with Crippen LogP contribution in [0.4, 0.5) is 5.69 Å². The summed E-state index contributed by atoms with van der Waals surface area (Å²) in [5.41, 5.74) is 7.78. The minimum Gasteiger partial charge on any atom is -0.371 e. The van der Waals surface area contributed by atoms with E-state index in [9.17, 15) is 9.59 Å². The van der Waals surface area contributed by atoms with Gasteiger partial charge in [0.25, 0.3) is 5.91 Å². The van der Waals surface area contributed by atoms with Crippen LogP contribution in [0.5, 0.6) is 0 Å². The number of hydrogen-bond acceptors (Lipinski definition) is 4. The largest absolute Gasteiger partial charge is 0.371 e. The van der Waals surface area contributed by atoms with Crippen molar-refractivity contribution in [1.29, 1.82) is 0 Å². The monoisotopic (exact) mass is 386 g/mol. The smallest absolute Gasteiger partial charge is 0.255 e. The average molecular weight is 387 g/mol. The van der Waals surface area contributed by atoms with E-state index in [2.05, 4.69) is 4.90 Å². The molecule has 28 heavy (non-hydrogen) atoms. The van der Waals surface area contributed by atoms with Crippen molar-refractivity contribution in [3.63, 3.8) is 0 Å². The van der Waals surface area contributed by atoms with E-state index < -0.39 is 0 Å².